The van der Waals surface area contributed by atoms with E-state index in [0.29, 0.717) is 12.8 Å². The molecule has 0 aliphatic carbocycles. The van der Waals surface area contributed by atoms with Crippen molar-refractivity contribution < 1.29 is 72.5 Å². The van der Waals surface area contributed by atoms with Crippen molar-refractivity contribution in [2.45, 2.75) is 240 Å². The predicted molar refractivity (Wildman–Crippen MR) is 361 cm³/mol. The molecule has 0 rings (SSSR count). The SMILES string of the molecule is CC(C)C[C@H](NC(=O)[C@H](C)NC(=O)CNC(=O)[C@H](CC(C)C)NC(=O)[C@@H](N)C(C)C)C(=O)N[C@@H](CC(C)C)C(=O)N[C@@H](CCCN=C(N)N)C(=O)N[C@H](C(=O)N[C@@H](CCCCN)C(=O)N[C@@H](CCCN=C(N)N)C(=O)N[C@@H](CC(C)C)C(=O)N[C@@H](CCC(=O)O)C(=O)O)C(C)C. The minimum Gasteiger partial charge on any atom is -0.481 e. The first-order valence-corrected chi connectivity index (χ1v) is 33.0. The summed E-state index contributed by atoms with van der Waals surface area (Å²) in [6.45, 7) is 22.1. The number of hydrogen-bond acceptors (Lipinski definition) is 17. The fourth-order valence-corrected chi connectivity index (χ4v) is 9.57. The molecule has 11 atom stereocenters. The zero-order chi connectivity index (χ0) is 73.7. The molecule has 96 heavy (non-hydrogen) atoms. The lowest BCUT2D eigenvalue weighted by Crippen LogP contribution is -2.61. The van der Waals surface area contributed by atoms with E-state index in [9.17, 15) is 67.4 Å². The van der Waals surface area contributed by atoms with Crippen LogP contribution in [0.3, 0.4) is 0 Å². The average molecular weight is 1370 g/mol. The van der Waals surface area contributed by atoms with Crippen LogP contribution in [0.15, 0.2) is 9.98 Å². The summed E-state index contributed by atoms with van der Waals surface area (Å²) in [4.78, 5) is 184. The summed E-state index contributed by atoms with van der Waals surface area (Å²) in [6.07, 6.45) is -0.00528. The highest BCUT2D eigenvalue weighted by molar-refractivity contribution is 5.99. The number of carboxylic acid groups (broad SMARTS) is 2. The van der Waals surface area contributed by atoms with Crippen LogP contribution in [0, 0.1) is 35.5 Å². The molecule has 0 fully saturated rings. The third-order valence-electron chi connectivity index (χ3n) is 14.8. The lowest BCUT2D eigenvalue weighted by molar-refractivity contribution is -0.143. The number of carboxylic acids is 2. The molecule has 0 unspecified atom stereocenters. The van der Waals surface area contributed by atoms with E-state index in [2.05, 4.69) is 68.5 Å². The first kappa shape index (κ1) is 87.6. The number of nitrogens with one attached hydrogen (secondary N) is 11. The number of aliphatic imine (C=N–C) groups is 2. The Morgan fingerprint density at radius 3 is 1.08 bits per heavy atom. The fourth-order valence-electron chi connectivity index (χ4n) is 9.57. The van der Waals surface area contributed by atoms with Crippen molar-refractivity contribution in [1.82, 2.24) is 58.5 Å². The Morgan fingerprint density at radius 1 is 0.375 bits per heavy atom. The van der Waals surface area contributed by atoms with Crippen LogP contribution in [0.25, 0.3) is 0 Å². The molecule has 11 amide bonds. The van der Waals surface area contributed by atoms with Crippen LogP contribution in [-0.4, -0.2) is 192 Å². The molecule has 0 saturated carbocycles. The summed E-state index contributed by atoms with van der Waals surface area (Å²) in [5, 5.41) is 47.6. The lowest BCUT2D eigenvalue weighted by atomic mass is 9.99. The number of carbonyl (C=O) groups excluding carboxylic acids is 11. The molecule has 0 aromatic carbocycles. The highest BCUT2D eigenvalue weighted by Crippen LogP contribution is 2.15. The number of rotatable bonds is 48. The number of unbranched alkanes of at least 4 members (excludes halogenated alkanes) is 1. The Morgan fingerprint density at radius 2 is 0.719 bits per heavy atom. The quantitative estimate of drug-likeness (QED) is 0.0164. The highest BCUT2D eigenvalue weighted by Gasteiger charge is 2.37. The smallest absolute Gasteiger partial charge is 0.326 e. The molecule has 0 aromatic rings. The molecule has 0 radical (unpaired) electrons. The van der Waals surface area contributed by atoms with Crippen LogP contribution in [-0.2, 0) is 62.3 Å². The van der Waals surface area contributed by atoms with Gasteiger partial charge in [-0.25, -0.2) is 4.79 Å². The van der Waals surface area contributed by atoms with E-state index in [1.807, 2.05) is 13.8 Å². The minimum atomic E-state index is -1.61. The van der Waals surface area contributed by atoms with E-state index < -0.39 is 169 Å². The second-order valence-electron chi connectivity index (χ2n) is 26.5. The summed E-state index contributed by atoms with van der Waals surface area (Å²) in [5.41, 5.74) is 34.0. The standard InChI is InChI=1S/C62H115N19O15/c1-31(2)26-42(80-58(93)48(64)35(9)10)51(86)71-30-46(82)72-37(13)50(85)77-43(27-32(3)4)57(92)79-44(28-33(5)6)55(90)74-40(20-17-25-70-62(67)68)54(89)81-49(36(11)12)59(94)75-38(18-14-15-23-63)52(87)73-39(19-16-24-69-61(65)66)53(88)78-45(29-34(7)8)56(91)76-41(60(95)96)21-22-47(83)84/h31-45,48-49H,14-30,63-64H2,1-13H3,(H,71,86)(H,72,82)(H,73,87)(H,74,90)(H,75,94)(H,76,91)(H,77,85)(H,78,88)(H,79,92)(H,80,93)(H,81,89)(H,83,84)(H,95,96)(H4,65,66,69)(H4,67,68,70)/t37-,38-,39-,40-,41-,42-,43-,44-,45-,48-,49-/m0/s1. The van der Waals surface area contributed by atoms with Crippen molar-refractivity contribution in [3.63, 3.8) is 0 Å². The monoisotopic (exact) mass is 1370 g/mol. The van der Waals surface area contributed by atoms with E-state index in [-0.39, 0.29) is 119 Å². The van der Waals surface area contributed by atoms with Gasteiger partial charge in [-0.15, -0.1) is 0 Å². The summed E-state index contributed by atoms with van der Waals surface area (Å²) in [5.74, 6) is -13.5. The van der Waals surface area contributed by atoms with Crippen LogP contribution in [0.4, 0.5) is 0 Å². The molecule has 0 aromatic heterocycles. The van der Waals surface area contributed by atoms with Gasteiger partial charge in [0.2, 0.25) is 65.0 Å². The molecule has 0 aliphatic rings. The number of guanidine groups is 2. The largest absolute Gasteiger partial charge is 0.481 e. The first-order chi connectivity index (χ1) is 44.7. The minimum absolute atomic E-state index is 0.00599. The molecule has 0 saturated heterocycles. The van der Waals surface area contributed by atoms with Crippen molar-refractivity contribution >= 4 is 88.8 Å². The van der Waals surface area contributed by atoms with E-state index in [0.717, 1.165) is 0 Å². The Balaban J connectivity index is 6.94. The topological polar surface area (TPSA) is 576 Å². The maximum atomic E-state index is 14.5. The van der Waals surface area contributed by atoms with Crippen LogP contribution < -0.4 is 92.9 Å². The molecular formula is C62H115N19O15. The van der Waals surface area contributed by atoms with Gasteiger partial charge >= 0.3 is 11.9 Å². The summed E-state index contributed by atoms with van der Waals surface area (Å²) < 4.78 is 0. The van der Waals surface area contributed by atoms with Crippen molar-refractivity contribution in [3.8, 4) is 0 Å². The van der Waals surface area contributed by atoms with Gasteiger partial charge in [-0.1, -0.05) is 83.1 Å². The molecule has 0 aliphatic heterocycles. The number of aliphatic carboxylic acids is 2. The van der Waals surface area contributed by atoms with Crippen LogP contribution >= 0.6 is 0 Å². The first-order valence-electron chi connectivity index (χ1n) is 33.0. The number of nitrogens with zero attached hydrogens (tertiary/aromatic N) is 2. The molecular weight excluding hydrogens is 1250 g/mol. The van der Waals surface area contributed by atoms with E-state index in [1.165, 1.54) is 6.92 Å². The zero-order valence-electron chi connectivity index (χ0n) is 58.4. The highest BCUT2D eigenvalue weighted by atomic mass is 16.4. The zero-order valence-corrected chi connectivity index (χ0v) is 58.4. The van der Waals surface area contributed by atoms with Gasteiger partial charge in [-0.2, -0.15) is 0 Å². The molecule has 0 spiro atoms. The molecule has 0 heterocycles. The third-order valence-corrected chi connectivity index (χ3v) is 14.8. The molecule has 34 nitrogen and oxygen atoms in total. The number of hydrogen-bond donors (Lipinski definition) is 19. The number of amides is 11. The Bertz CT molecular complexity index is 2610. The predicted octanol–water partition coefficient (Wildman–Crippen LogP) is -3.02. The van der Waals surface area contributed by atoms with Gasteiger partial charge in [-0.05, 0) is 126 Å². The van der Waals surface area contributed by atoms with Crippen LogP contribution in [0.1, 0.15) is 173 Å². The lowest BCUT2D eigenvalue weighted by Gasteiger charge is -2.30. The van der Waals surface area contributed by atoms with Crippen molar-refractivity contribution in [3.05, 3.63) is 0 Å². The van der Waals surface area contributed by atoms with Gasteiger partial charge in [0.25, 0.3) is 0 Å². The number of nitrogens with two attached hydrogens (primary N) is 6. The Labute approximate surface area is 564 Å². The summed E-state index contributed by atoms with van der Waals surface area (Å²) in [6, 6.07) is -14.2. The van der Waals surface area contributed by atoms with E-state index in [1.54, 1.807) is 69.2 Å². The third kappa shape index (κ3) is 37.0. The molecule has 34 heteroatoms. The van der Waals surface area contributed by atoms with Gasteiger partial charge in [0.05, 0.1) is 12.6 Å². The Hall–Kier alpha value is -8.43. The van der Waals surface area contributed by atoms with Gasteiger partial charge in [0, 0.05) is 19.5 Å². The second-order valence-corrected chi connectivity index (χ2v) is 26.5. The maximum Gasteiger partial charge on any atom is 0.326 e. The molecule has 25 N–H and O–H groups in total. The molecule has 548 valence electrons. The maximum absolute atomic E-state index is 14.5. The fraction of sp³-hybridized carbons (Fsp3) is 0.758. The second kappa shape index (κ2) is 45.9. The van der Waals surface area contributed by atoms with E-state index >= 15 is 0 Å². The van der Waals surface area contributed by atoms with Crippen molar-refractivity contribution in [1.29, 1.82) is 0 Å². The number of carbonyl (C=O) groups is 13. The Kier molecular flexibility index (Phi) is 41.8. The van der Waals surface area contributed by atoms with Gasteiger partial charge < -0.3 is 103 Å². The van der Waals surface area contributed by atoms with Crippen molar-refractivity contribution in [2.75, 3.05) is 26.2 Å². The van der Waals surface area contributed by atoms with E-state index in [4.69, 9.17) is 39.5 Å². The molecule has 0 bridgehead atoms. The summed E-state index contributed by atoms with van der Waals surface area (Å²) >= 11 is 0. The summed E-state index contributed by atoms with van der Waals surface area (Å²) in [7, 11) is 0. The van der Waals surface area contributed by atoms with Gasteiger partial charge in [-0.3, -0.25) is 67.5 Å². The van der Waals surface area contributed by atoms with Crippen LogP contribution in [0.5, 0.6) is 0 Å². The normalized spacial score (nSPS) is 14.8. The van der Waals surface area contributed by atoms with Gasteiger partial charge in [0.15, 0.2) is 11.9 Å². The average Bonchev–Trinajstić information content (AvgIpc) is 0.942. The van der Waals surface area contributed by atoms with Gasteiger partial charge in [0.1, 0.15) is 60.4 Å². The van der Waals surface area contributed by atoms with Crippen molar-refractivity contribution in [2.24, 2.45) is 79.9 Å². The van der Waals surface area contributed by atoms with Crippen LogP contribution in [0.2, 0.25) is 0 Å².